The Morgan fingerprint density at radius 1 is 1.03 bits per heavy atom. The average Bonchev–Trinajstić information content (AvgIpc) is 3.15. The Hall–Kier alpha value is -3.39. The van der Waals surface area contributed by atoms with Gasteiger partial charge in [-0.2, -0.15) is 0 Å². The van der Waals surface area contributed by atoms with E-state index in [1.54, 1.807) is 0 Å². The van der Waals surface area contributed by atoms with E-state index in [0.717, 1.165) is 11.1 Å². The molecule has 0 saturated carbocycles. The number of carbonyl (C=O) groups is 3. The van der Waals surface area contributed by atoms with E-state index in [2.05, 4.69) is 34.9 Å². The molecule has 8 nitrogen and oxygen atoms in total. The van der Waals surface area contributed by atoms with Gasteiger partial charge in [0.25, 0.3) is 0 Å². The van der Waals surface area contributed by atoms with Gasteiger partial charge in [-0.3, -0.25) is 9.59 Å². The van der Waals surface area contributed by atoms with Crippen molar-refractivity contribution >= 4 is 18.0 Å². The van der Waals surface area contributed by atoms with E-state index >= 15 is 0 Å². The van der Waals surface area contributed by atoms with Crippen LogP contribution in [-0.4, -0.2) is 55.5 Å². The minimum atomic E-state index is -0.901. The number of carboxylic acid groups (broad SMARTS) is 1. The summed E-state index contributed by atoms with van der Waals surface area (Å²) in [5.74, 6) is -1.28. The van der Waals surface area contributed by atoms with Crippen molar-refractivity contribution in [1.29, 1.82) is 0 Å². The molecule has 1 fully saturated rings. The van der Waals surface area contributed by atoms with Crippen LogP contribution in [0.1, 0.15) is 42.7 Å². The molecule has 4 rings (SSSR count). The SMILES string of the molecule is O=C(O)CC1COCCC1NC(=O)CCCNC(=O)OCC1c2ccccc2-c2ccccc21. The van der Waals surface area contributed by atoms with E-state index in [0.29, 0.717) is 32.6 Å². The van der Waals surface area contributed by atoms with E-state index in [4.69, 9.17) is 14.6 Å². The molecule has 0 aromatic heterocycles. The molecule has 1 aliphatic carbocycles. The van der Waals surface area contributed by atoms with Gasteiger partial charge < -0.3 is 25.2 Å². The maximum absolute atomic E-state index is 12.3. The van der Waals surface area contributed by atoms with Crippen molar-refractivity contribution in [2.75, 3.05) is 26.4 Å². The summed E-state index contributed by atoms with van der Waals surface area (Å²) >= 11 is 0. The number of amides is 2. The van der Waals surface area contributed by atoms with Crippen LogP contribution in [0.25, 0.3) is 11.1 Å². The van der Waals surface area contributed by atoms with Gasteiger partial charge in [-0.15, -0.1) is 0 Å². The third-order valence-electron chi connectivity index (χ3n) is 6.45. The van der Waals surface area contributed by atoms with Crippen LogP contribution in [0.4, 0.5) is 4.79 Å². The first kappa shape index (κ1) is 23.8. The van der Waals surface area contributed by atoms with Gasteiger partial charge in [0, 0.05) is 37.5 Å². The van der Waals surface area contributed by atoms with Gasteiger partial charge in [0.1, 0.15) is 6.61 Å². The minimum Gasteiger partial charge on any atom is -0.481 e. The van der Waals surface area contributed by atoms with Crippen LogP contribution < -0.4 is 10.6 Å². The Bertz CT molecular complexity index is 994. The molecule has 8 heteroatoms. The second kappa shape index (κ2) is 11.2. The summed E-state index contributed by atoms with van der Waals surface area (Å²) in [6.07, 6.45) is 0.757. The predicted octanol–water partition coefficient (Wildman–Crippen LogP) is 3.30. The quantitative estimate of drug-likeness (QED) is 0.489. The molecular formula is C26H30N2O6. The number of aliphatic carboxylic acids is 1. The fraction of sp³-hybridized carbons (Fsp3) is 0.423. The Balaban J connectivity index is 1.18. The Morgan fingerprint density at radius 3 is 2.38 bits per heavy atom. The summed E-state index contributed by atoms with van der Waals surface area (Å²) in [6, 6.07) is 16.1. The Kier molecular flexibility index (Phi) is 7.80. The van der Waals surface area contributed by atoms with Crippen LogP contribution in [0.15, 0.2) is 48.5 Å². The van der Waals surface area contributed by atoms with Crippen molar-refractivity contribution < 1.29 is 29.0 Å². The number of hydrogen-bond donors (Lipinski definition) is 3. The smallest absolute Gasteiger partial charge is 0.407 e. The lowest BCUT2D eigenvalue weighted by Gasteiger charge is -2.31. The summed E-state index contributed by atoms with van der Waals surface area (Å²) in [4.78, 5) is 35.5. The largest absolute Gasteiger partial charge is 0.481 e. The number of fused-ring (bicyclic) bond motifs is 3. The number of alkyl carbamates (subject to hydrolysis) is 1. The minimum absolute atomic E-state index is 0.00199. The number of rotatable bonds is 9. The number of benzene rings is 2. The summed E-state index contributed by atoms with van der Waals surface area (Å²) in [6.45, 7) is 1.40. The molecule has 2 unspecified atom stereocenters. The molecule has 1 aliphatic heterocycles. The van der Waals surface area contributed by atoms with Crippen LogP contribution in [0, 0.1) is 5.92 Å². The molecule has 34 heavy (non-hydrogen) atoms. The van der Waals surface area contributed by atoms with Gasteiger partial charge in [0.2, 0.25) is 5.91 Å². The lowest BCUT2D eigenvalue weighted by Crippen LogP contribution is -2.46. The van der Waals surface area contributed by atoms with E-state index < -0.39 is 12.1 Å². The monoisotopic (exact) mass is 466 g/mol. The fourth-order valence-corrected chi connectivity index (χ4v) is 4.78. The molecule has 2 atom stereocenters. The molecule has 0 spiro atoms. The zero-order valence-corrected chi connectivity index (χ0v) is 19.0. The van der Waals surface area contributed by atoms with E-state index in [-0.39, 0.29) is 43.2 Å². The first-order chi connectivity index (χ1) is 16.5. The van der Waals surface area contributed by atoms with Crippen molar-refractivity contribution in [3.8, 4) is 11.1 Å². The average molecular weight is 467 g/mol. The molecule has 2 aromatic rings. The summed E-state index contributed by atoms with van der Waals surface area (Å²) < 4.78 is 10.8. The maximum Gasteiger partial charge on any atom is 0.407 e. The highest BCUT2D eigenvalue weighted by Crippen LogP contribution is 2.44. The highest BCUT2D eigenvalue weighted by Gasteiger charge is 2.30. The first-order valence-electron chi connectivity index (χ1n) is 11.7. The summed E-state index contributed by atoms with van der Waals surface area (Å²) in [7, 11) is 0. The van der Waals surface area contributed by atoms with Crippen molar-refractivity contribution in [3.63, 3.8) is 0 Å². The van der Waals surface area contributed by atoms with Crippen molar-refractivity contribution in [1.82, 2.24) is 10.6 Å². The summed E-state index contributed by atoms with van der Waals surface area (Å²) in [5, 5.41) is 14.7. The number of hydrogen-bond acceptors (Lipinski definition) is 5. The van der Waals surface area contributed by atoms with Crippen LogP contribution in [0.3, 0.4) is 0 Å². The number of ether oxygens (including phenoxy) is 2. The normalized spacial score (nSPS) is 19.1. The number of carbonyl (C=O) groups excluding carboxylic acids is 2. The van der Waals surface area contributed by atoms with Gasteiger partial charge in [-0.05, 0) is 35.1 Å². The molecule has 2 amide bonds. The van der Waals surface area contributed by atoms with Gasteiger partial charge in [-0.25, -0.2) is 4.79 Å². The molecule has 180 valence electrons. The van der Waals surface area contributed by atoms with Crippen LogP contribution in [-0.2, 0) is 19.1 Å². The lowest BCUT2D eigenvalue weighted by molar-refractivity contribution is -0.140. The molecule has 2 aliphatic rings. The molecular weight excluding hydrogens is 436 g/mol. The van der Waals surface area contributed by atoms with E-state index in [1.807, 2.05) is 24.3 Å². The molecule has 1 heterocycles. The van der Waals surface area contributed by atoms with Gasteiger partial charge >= 0.3 is 12.1 Å². The molecule has 2 aromatic carbocycles. The second-order valence-corrected chi connectivity index (χ2v) is 8.75. The highest BCUT2D eigenvalue weighted by molar-refractivity contribution is 5.79. The number of carboxylic acids is 1. The van der Waals surface area contributed by atoms with Gasteiger partial charge in [-0.1, -0.05) is 48.5 Å². The molecule has 0 bridgehead atoms. The number of nitrogens with one attached hydrogen (secondary N) is 2. The standard InChI is InChI=1S/C26H30N2O6/c29-24(28-23-11-13-33-15-17(23)14-25(30)31)10-5-12-27-26(32)34-16-22-20-8-3-1-6-18(20)19-7-2-4-9-21(19)22/h1-4,6-9,17,22-23H,5,10-16H2,(H,27,32)(H,28,29)(H,30,31). The third kappa shape index (κ3) is 5.75. The molecule has 1 saturated heterocycles. The lowest BCUT2D eigenvalue weighted by atomic mass is 9.92. The van der Waals surface area contributed by atoms with Gasteiger partial charge in [0.15, 0.2) is 0 Å². The van der Waals surface area contributed by atoms with Crippen LogP contribution >= 0.6 is 0 Å². The maximum atomic E-state index is 12.3. The first-order valence-corrected chi connectivity index (χ1v) is 11.7. The molecule has 3 N–H and O–H groups in total. The topological polar surface area (TPSA) is 114 Å². The van der Waals surface area contributed by atoms with Gasteiger partial charge in [0.05, 0.1) is 13.0 Å². The van der Waals surface area contributed by atoms with Crippen LogP contribution in [0.5, 0.6) is 0 Å². The zero-order chi connectivity index (χ0) is 23.9. The summed E-state index contributed by atoms with van der Waals surface area (Å²) in [5.41, 5.74) is 4.66. The predicted molar refractivity (Wildman–Crippen MR) is 125 cm³/mol. The second-order valence-electron chi connectivity index (χ2n) is 8.75. The third-order valence-corrected chi connectivity index (χ3v) is 6.45. The van der Waals surface area contributed by atoms with Crippen molar-refractivity contribution in [2.45, 2.75) is 37.6 Å². The van der Waals surface area contributed by atoms with E-state index in [1.165, 1.54) is 11.1 Å². The van der Waals surface area contributed by atoms with Crippen molar-refractivity contribution in [2.24, 2.45) is 5.92 Å². The molecule has 0 radical (unpaired) electrons. The highest BCUT2D eigenvalue weighted by atomic mass is 16.5. The Labute approximate surface area is 198 Å². The zero-order valence-electron chi connectivity index (χ0n) is 19.0. The Morgan fingerprint density at radius 2 is 1.71 bits per heavy atom. The fourth-order valence-electron chi connectivity index (χ4n) is 4.78. The van der Waals surface area contributed by atoms with Crippen molar-refractivity contribution in [3.05, 3.63) is 59.7 Å². The van der Waals surface area contributed by atoms with E-state index in [9.17, 15) is 14.4 Å². The van der Waals surface area contributed by atoms with Crippen LogP contribution in [0.2, 0.25) is 0 Å².